The summed E-state index contributed by atoms with van der Waals surface area (Å²) in [6.07, 6.45) is 3.23. The molecule has 7 nitrogen and oxygen atoms in total. The van der Waals surface area contributed by atoms with Crippen LogP contribution in [0.25, 0.3) is 16.7 Å². The third-order valence-electron chi connectivity index (χ3n) is 5.50. The second-order valence-electron chi connectivity index (χ2n) is 7.49. The van der Waals surface area contributed by atoms with Crippen LogP contribution in [-0.4, -0.2) is 39.4 Å². The van der Waals surface area contributed by atoms with Crippen LogP contribution >= 0.6 is 0 Å². The Hall–Kier alpha value is -3.87. The lowest BCUT2D eigenvalue weighted by Gasteiger charge is -2.28. The number of nitrogens with zero attached hydrogens (tertiary/aromatic N) is 3. The van der Waals surface area contributed by atoms with E-state index in [2.05, 4.69) is 10.3 Å². The van der Waals surface area contributed by atoms with Crippen molar-refractivity contribution in [2.45, 2.75) is 25.9 Å². The van der Waals surface area contributed by atoms with Gasteiger partial charge in [0.2, 0.25) is 5.91 Å². The van der Waals surface area contributed by atoms with E-state index >= 15 is 0 Å². The molecule has 7 heteroatoms. The minimum atomic E-state index is -0.679. The molecule has 0 saturated heterocycles. The summed E-state index contributed by atoms with van der Waals surface area (Å²) in [5.74, 6) is -0.418. The predicted molar refractivity (Wildman–Crippen MR) is 118 cm³/mol. The molecule has 0 aliphatic heterocycles. The number of para-hydroxylation sites is 2. The van der Waals surface area contributed by atoms with Gasteiger partial charge < -0.3 is 14.6 Å². The molecule has 2 aromatic carbocycles. The molecule has 2 heterocycles. The van der Waals surface area contributed by atoms with Crippen molar-refractivity contribution in [3.05, 3.63) is 84.6 Å². The molecule has 31 heavy (non-hydrogen) atoms. The molecule has 0 saturated carbocycles. The number of furan rings is 1. The summed E-state index contributed by atoms with van der Waals surface area (Å²) in [7, 11) is 1.74. The summed E-state index contributed by atoms with van der Waals surface area (Å²) in [4.78, 5) is 31.0. The number of aromatic nitrogens is 2. The van der Waals surface area contributed by atoms with E-state index in [0.717, 1.165) is 22.3 Å². The molecule has 0 fully saturated rings. The summed E-state index contributed by atoms with van der Waals surface area (Å²) >= 11 is 0. The van der Waals surface area contributed by atoms with E-state index in [4.69, 9.17) is 4.42 Å². The summed E-state index contributed by atoms with van der Waals surface area (Å²) in [6, 6.07) is 18.4. The predicted octanol–water partition coefficient (Wildman–Crippen LogP) is 3.96. The van der Waals surface area contributed by atoms with Gasteiger partial charge in [-0.05, 0) is 55.8 Å². The smallest absolute Gasteiger partial charge is 0.287 e. The number of benzene rings is 2. The van der Waals surface area contributed by atoms with E-state index in [-0.39, 0.29) is 17.7 Å². The van der Waals surface area contributed by atoms with Gasteiger partial charge in [-0.15, -0.1) is 0 Å². The third kappa shape index (κ3) is 4.07. The molecular weight excluding hydrogens is 392 g/mol. The Bertz CT molecular complexity index is 1200. The highest BCUT2D eigenvalue weighted by Gasteiger charge is 2.25. The molecular formula is C24H24N4O3. The zero-order valence-corrected chi connectivity index (χ0v) is 17.6. The number of likely N-dealkylation sites (N-methyl/N-ethyl adjacent to an activating group) is 1. The zero-order chi connectivity index (χ0) is 22.0. The molecule has 0 aliphatic carbocycles. The Balaban J connectivity index is 1.45. The maximum atomic E-state index is 12.8. The Labute approximate surface area is 180 Å². The number of fused-ring (bicyclic) bond motifs is 1. The molecule has 0 radical (unpaired) electrons. The average Bonchev–Trinajstić information content (AvgIpc) is 3.48. The van der Waals surface area contributed by atoms with E-state index in [1.54, 1.807) is 31.0 Å². The maximum absolute atomic E-state index is 12.8. The van der Waals surface area contributed by atoms with Crippen molar-refractivity contribution in [3.63, 3.8) is 0 Å². The van der Waals surface area contributed by atoms with E-state index in [1.165, 1.54) is 6.26 Å². The molecule has 2 atom stereocenters. The summed E-state index contributed by atoms with van der Waals surface area (Å²) in [6.45, 7) is 3.63. The van der Waals surface area contributed by atoms with Crippen LogP contribution in [0, 0.1) is 0 Å². The largest absolute Gasteiger partial charge is 0.459 e. The van der Waals surface area contributed by atoms with Crippen molar-refractivity contribution >= 4 is 22.8 Å². The van der Waals surface area contributed by atoms with Gasteiger partial charge in [0.25, 0.3) is 5.91 Å². The summed E-state index contributed by atoms with van der Waals surface area (Å²) < 4.78 is 7.11. The van der Waals surface area contributed by atoms with Gasteiger partial charge in [0.1, 0.15) is 12.4 Å². The van der Waals surface area contributed by atoms with Gasteiger partial charge >= 0.3 is 0 Å². The van der Waals surface area contributed by atoms with Crippen LogP contribution in [0.4, 0.5) is 0 Å². The molecule has 2 aromatic heterocycles. The van der Waals surface area contributed by atoms with Crippen LogP contribution in [0.1, 0.15) is 36.0 Å². The second-order valence-corrected chi connectivity index (χ2v) is 7.49. The second kappa shape index (κ2) is 8.47. The van der Waals surface area contributed by atoms with Crippen LogP contribution < -0.4 is 5.32 Å². The number of rotatable bonds is 6. The number of amides is 2. The van der Waals surface area contributed by atoms with Gasteiger partial charge in [-0.25, -0.2) is 4.98 Å². The third-order valence-corrected chi connectivity index (χ3v) is 5.50. The first kappa shape index (κ1) is 20.4. The molecule has 2 unspecified atom stereocenters. The van der Waals surface area contributed by atoms with E-state index in [1.807, 2.05) is 66.3 Å². The fourth-order valence-electron chi connectivity index (χ4n) is 3.54. The van der Waals surface area contributed by atoms with Crippen LogP contribution in [0.3, 0.4) is 0 Å². The molecule has 4 aromatic rings. The fraction of sp³-hybridized carbons (Fsp3) is 0.208. The van der Waals surface area contributed by atoms with E-state index < -0.39 is 11.9 Å². The topological polar surface area (TPSA) is 80.4 Å². The standard InChI is InChI=1S/C24H24N4O3/c1-16(26-23(29)22-9-6-14-31-22)24(30)27(3)17(2)18-10-12-19(13-11-18)28-15-25-20-7-4-5-8-21(20)28/h4-17H,1-3H3,(H,26,29). The van der Waals surface area contributed by atoms with Gasteiger partial charge in [-0.3, -0.25) is 14.2 Å². The maximum Gasteiger partial charge on any atom is 0.287 e. The average molecular weight is 416 g/mol. The zero-order valence-electron chi connectivity index (χ0n) is 17.6. The van der Waals surface area contributed by atoms with Crippen molar-refractivity contribution in [1.29, 1.82) is 0 Å². The van der Waals surface area contributed by atoms with Gasteiger partial charge in [0.05, 0.1) is 23.3 Å². The fourth-order valence-corrected chi connectivity index (χ4v) is 3.54. The van der Waals surface area contributed by atoms with E-state index in [9.17, 15) is 9.59 Å². The molecule has 1 N–H and O–H groups in total. The minimum Gasteiger partial charge on any atom is -0.459 e. The number of carbonyl (C=O) groups excluding carboxylic acids is 2. The van der Waals surface area contributed by atoms with Gasteiger partial charge in [0.15, 0.2) is 5.76 Å². The lowest BCUT2D eigenvalue weighted by molar-refractivity contribution is -0.133. The molecule has 2 amide bonds. The Morgan fingerprint density at radius 3 is 2.48 bits per heavy atom. The van der Waals surface area contributed by atoms with Crippen LogP contribution in [0.5, 0.6) is 0 Å². The Morgan fingerprint density at radius 1 is 1.03 bits per heavy atom. The lowest BCUT2D eigenvalue weighted by Crippen LogP contribution is -2.46. The van der Waals surface area contributed by atoms with Crippen LogP contribution in [0.15, 0.2) is 77.7 Å². The molecule has 0 spiro atoms. The molecule has 158 valence electrons. The number of hydrogen-bond donors (Lipinski definition) is 1. The SMILES string of the molecule is CC(NC(=O)c1ccco1)C(=O)N(C)C(C)c1ccc(-n2cnc3ccccc32)cc1. The molecule has 0 aliphatic rings. The van der Waals surface area contributed by atoms with E-state index in [0.29, 0.717) is 0 Å². The van der Waals surface area contributed by atoms with Gasteiger partial charge in [-0.1, -0.05) is 24.3 Å². The van der Waals surface area contributed by atoms with Crippen molar-refractivity contribution < 1.29 is 14.0 Å². The molecule has 0 bridgehead atoms. The first-order valence-electron chi connectivity index (χ1n) is 10.1. The van der Waals surface area contributed by atoms with Crippen molar-refractivity contribution in [1.82, 2.24) is 19.8 Å². The first-order chi connectivity index (χ1) is 15.0. The highest BCUT2D eigenvalue weighted by molar-refractivity contribution is 5.95. The highest BCUT2D eigenvalue weighted by Crippen LogP contribution is 2.23. The minimum absolute atomic E-state index is 0.163. The summed E-state index contributed by atoms with van der Waals surface area (Å²) in [5, 5.41) is 2.68. The van der Waals surface area contributed by atoms with Crippen LogP contribution in [0.2, 0.25) is 0 Å². The Kier molecular flexibility index (Phi) is 5.58. The van der Waals surface area contributed by atoms with Crippen molar-refractivity contribution in [2.24, 2.45) is 0 Å². The normalized spacial score (nSPS) is 13.0. The van der Waals surface area contributed by atoms with Gasteiger partial charge in [-0.2, -0.15) is 0 Å². The number of nitrogens with one attached hydrogen (secondary N) is 1. The Morgan fingerprint density at radius 2 is 1.77 bits per heavy atom. The molecule has 4 rings (SSSR count). The highest BCUT2D eigenvalue weighted by atomic mass is 16.3. The number of hydrogen-bond acceptors (Lipinski definition) is 4. The lowest BCUT2D eigenvalue weighted by atomic mass is 10.1. The first-order valence-corrected chi connectivity index (χ1v) is 10.1. The van der Waals surface area contributed by atoms with Crippen molar-refractivity contribution in [3.8, 4) is 5.69 Å². The number of imidazole rings is 1. The van der Waals surface area contributed by atoms with Gasteiger partial charge in [0, 0.05) is 12.7 Å². The summed E-state index contributed by atoms with van der Waals surface area (Å²) in [5.41, 5.74) is 3.97. The quantitative estimate of drug-likeness (QED) is 0.516. The van der Waals surface area contributed by atoms with Crippen LogP contribution in [-0.2, 0) is 4.79 Å². The van der Waals surface area contributed by atoms with Crippen molar-refractivity contribution in [2.75, 3.05) is 7.05 Å². The number of carbonyl (C=O) groups is 2. The monoisotopic (exact) mass is 416 g/mol.